The molecule has 25 heteroatoms. The number of fused-ring (bicyclic) bond motifs is 1. The molecule has 3 rings (SSSR count). The number of amides is 1. The summed E-state index contributed by atoms with van der Waals surface area (Å²) in [4.78, 5) is 90.1. The van der Waals surface area contributed by atoms with Gasteiger partial charge in [-0.15, -0.1) is 0 Å². The van der Waals surface area contributed by atoms with Gasteiger partial charge < -0.3 is 66.3 Å². The summed E-state index contributed by atoms with van der Waals surface area (Å²) < 4.78 is 77.3. The van der Waals surface area contributed by atoms with Crippen molar-refractivity contribution in [2.24, 2.45) is 0 Å². The predicted octanol–water partition coefficient (Wildman–Crippen LogP) is 10.9. The minimum atomic E-state index is -5.20. The zero-order valence-corrected chi connectivity index (χ0v) is 67.9. The second kappa shape index (κ2) is 65.4. The maximum absolute atomic E-state index is 12.8. The molecule has 4 unspecified atom stereocenters. The first kappa shape index (κ1) is 96.8. The van der Waals surface area contributed by atoms with Crippen molar-refractivity contribution in [2.45, 2.75) is 322 Å². The van der Waals surface area contributed by atoms with Crippen molar-refractivity contribution in [3.63, 3.8) is 0 Å². The molecule has 2 aliphatic heterocycles. The van der Waals surface area contributed by atoms with Gasteiger partial charge in [-0.1, -0.05) is 257 Å². The number of likely N-dealkylation sites (tertiary alicyclic amines) is 1. The normalized spacial score (nSPS) is 14.8. The molecule has 21 nitrogen and oxygen atoms in total. The zero-order chi connectivity index (χ0) is 70.7. The Morgan fingerprint density at radius 1 is 0.455 bits per heavy atom. The number of aliphatic hydroxyl groups is 1. The van der Waals surface area contributed by atoms with Gasteiger partial charge in [-0.25, -0.2) is 0 Å². The number of hydrogen-bond acceptors (Lipinski definition) is 20. The van der Waals surface area contributed by atoms with Gasteiger partial charge in [0.15, 0.2) is 23.7 Å². The van der Waals surface area contributed by atoms with E-state index in [4.69, 9.17) is 46.5 Å². The standard InChI is InChI=1S/C57H110O17P2.C17H19NO3.2Na/c1-5-9-13-17-21-25-29-33-37-41-54(59)67-47-52(73-56(61)43-39-35-31-27-23-19-15-11-7-3)49-71-75(63,64)69-45-51(58)46-70-76(65,66)72-50-53(74-57(62)44-40-36-32-28-24-20-16-12-8-4)48-68-55(60)42-38-34-30-26-22-18-14-10-6-2;19-17(18-10-4-1-5-11-18)7-3-2-6-14-8-9-15-16(12-14)21-13-20-15;;/h51-53,58H,5-50H2,1-4H3,(H,63,64)(H,65,66);2-3,6-9,12H,1,4-5,10-11,13H2;;/q;;2*+1/p-2. The van der Waals surface area contributed by atoms with Crippen LogP contribution >= 0.6 is 15.6 Å². The molecule has 0 saturated carbocycles. The van der Waals surface area contributed by atoms with E-state index in [-0.39, 0.29) is 97.5 Å². The van der Waals surface area contributed by atoms with Crippen molar-refractivity contribution < 1.29 is 154 Å². The molecule has 0 aromatic heterocycles. The second-order valence-electron chi connectivity index (χ2n) is 25.9. The van der Waals surface area contributed by atoms with Crippen LogP contribution in [0.3, 0.4) is 0 Å². The number of benzene rings is 1. The summed E-state index contributed by atoms with van der Waals surface area (Å²) >= 11 is 0. The Labute approximate surface area is 640 Å². The molecule has 560 valence electrons. The second-order valence-corrected chi connectivity index (χ2v) is 28.7. The van der Waals surface area contributed by atoms with Crippen LogP contribution in [0.5, 0.6) is 11.5 Å². The van der Waals surface area contributed by atoms with Gasteiger partial charge in [-0.2, -0.15) is 0 Å². The number of ether oxygens (including phenoxy) is 6. The summed E-state index contributed by atoms with van der Waals surface area (Å²) in [6.45, 7) is 6.42. The number of rotatable bonds is 61. The first-order chi connectivity index (χ1) is 47.0. The van der Waals surface area contributed by atoms with Crippen LogP contribution in [0, 0.1) is 0 Å². The van der Waals surface area contributed by atoms with Crippen molar-refractivity contribution in [3.05, 3.63) is 42.0 Å². The number of hydrogen-bond donors (Lipinski definition) is 1. The van der Waals surface area contributed by atoms with E-state index in [1.807, 2.05) is 35.3 Å². The van der Waals surface area contributed by atoms with Crippen LogP contribution in [0.2, 0.25) is 0 Å². The minimum absolute atomic E-state index is 0. The first-order valence-corrected chi connectivity index (χ1v) is 40.5. The summed E-state index contributed by atoms with van der Waals surface area (Å²) in [5.74, 6) is -0.589. The molecule has 1 fully saturated rings. The molecule has 2 heterocycles. The third-order valence-corrected chi connectivity index (χ3v) is 18.6. The third kappa shape index (κ3) is 56.8. The van der Waals surface area contributed by atoms with Gasteiger partial charge in [-0.3, -0.25) is 33.1 Å². The number of phosphoric acid groups is 2. The number of nitrogens with zero attached hydrogens (tertiary/aromatic N) is 1. The van der Waals surface area contributed by atoms with Gasteiger partial charge in [0.1, 0.15) is 19.3 Å². The maximum atomic E-state index is 12.8. The third-order valence-electron chi connectivity index (χ3n) is 16.8. The van der Waals surface area contributed by atoms with Crippen molar-refractivity contribution in [1.82, 2.24) is 4.90 Å². The summed E-state index contributed by atoms with van der Waals surface area (Å²) in [5, 5.41) is 10.4. The molecule has 1 amide bonds. The van der Waals surface area contributed by atoms with Crippen LogP contribution in [0.15, 0.2) is 36.4 Å². The van der Waals surface area contributed by atoms with Crippen LogP contribution in [-0.2, 0) is 70.1 Å². The monoisotopic (exact) mass is 1460 g/mol. The number of piperidine rings is 1. The number of carbonyl (C=O) groups is 5. The van der Waals surface area contributed by atoms with E-state index < -0.39 is 97.5 Å². The Bertz CT molecular complexity index is 2260. The Hall–Kier alpha value is -2.17. The quantitative estimate of drug-likeness (QED) is 0.0121. The topological polar surface area (TPSA) is 281 Å². The Balaban J connectivity index is 0.00000348. The molecule has 1 saturated heterocycles. The van der Waals surface area contributed by atoms with Crippen molar-refractivity contribution in [1.29, 1.82) is 0 Å². The fourth-order valence-electron chi connectivity index (χ4n) is 10.9. The van der Waals surface area contributed by atoms with Gasteiger partial charge >= 0.3 is 83.0 Å². The van der Waals surface area contributed by atoms with E-state index in [9.17, 15) is 48.0 Å². The van der Waals surface area contributed by atoms with Gasteiger partial charge in [-0.05, 0) is 62.6 Å². The molecule has 0 aliphatic carbocycles. The predicted molar refractivity (Wildman–Crippen MR) is 375 cm³/mol. The average Bonchev–Trinajstić information content (AvgIpc) is 1.79. The minimum Gasteiger partial charge on any atom is -0.756 e. The average molecular weight is 1460 g/mol. The van der Waals surface area contributed by atoms with Gasteiger partial charge in [0.25, 0.3) is 15.6 Å². The maximum Gasteiger partial charge on any atom is 1.00 e. The van der Waals surface area contributed by atoms with E-state index >= 15 is 0 Å². The van der Waals surface area contributed by atoms with Crippen molar-refractivity contribution in [3.8, 4) is 11.5 Å². The molecular formula is C74H127NNa2O20P2. The summed E-state index contributed by atoms with van der Waals surface area (Å²) in [7, 11) is -10.4. The Morgan fingerprint density at radius 2 is 0.788 bits per heavy atom. The van der Waals surface area contributed by atoms with Crippen LogP contribution in [0.4, 0.5) is 0 Å². The van der Waals surface area contributed by atoms with E-state index in [0.29, 0.717) is 25.7 Å². The summed E-state index contributed by atoms with van der Waals surface area (Å²) in [5.41, 5.74) is 1.02. The molecule has 4 atom stereocenters. The Morgan fingerprint density at radius 3 is 1.16 bits per heavy atom. The molecule has 0 spiro atoms. The van der Waals surface area contributed by atoms with Crippen molar-refractivity contribution >= 4 is 51.5 Å². The number of phosphoric ester groups is 2. The SMILES string of the molecule is CCCCCCCCCCCC(=O)OCC(COP(=O)([O-])OCC(O)COP(=O)([O-])OCC(COC(=O)CCCCCCCCCCC)OC(=O)CCCCCCCCCCC)OC(=O)CCCCCCCCCCC.O=C(C=CC=Cc1ccc2c(c1)OCO2)N1CCCCC1.[Na+].[Na+]. The van der Waals surface area contributed by atoms with Gasteiger partial charge in [0.05, 0.1) is 26.4 Å². The molecule has 99 heavy (non-hydrogen) atoms. The molecule has 1 N–H and O–H groups in total. The number of unbranched alkanes of at least 4 members (excludes halogenated alkanes) is 32. The molecule has 2 aliphatic rings. The Kier molecular flexibility index (Phi) is 63.9. The summed E-state index contributed by atoms with van der Waals surface area (Å²) in [6, 6.07) is 5.79. The van der Waals surface area contributed by atoms with Crippen LogP contribution < -0.4 is 78.4 Å². The van der Waals surface area contributed by atoms with Crippen LogP contribution in [0.25, 0.3) is 6.08 Å². The molecule has 1 aromatic rings. The number of aliphatic hydroxyl groups excluding tert-OH is 1. The van der Waals surface area contributed by atoms with Crippen LogP contribution in [-0.4, -0.2) is 118 Å². The largest absolute Gasteiger partial charge is 1.00 e. The van der Waals surface area contributed by atoms with E-state index in [1.165, 1.54) is 109 Å². The number of carbonyl (C=O) groups excluding carboxylic acids is 5. The fraction of sp³-hybridized carbons (Fsp3) is 0.797. The molecule has 0 bridgehead atoms. The zero-order valence-electron chi connectivity index (χ0n) is 62.1. The van der Waals surface area contributed by atoms with E-state index in [1.54, 1.807) is 12.2 Å². The smallest absolute Gasteiger partial charge is 0.756 e. The molecular weight excluding hydrogens is 1330 g/mol. The fourth-order valence-corrected chi connectivity index (χ4v) is 12.5. The van der Waals surface area contributed by atoms with Gasteiger partial charge in [0.2, 0.25) is 12.7 Å². The van der Waals surface area contributed by atoms with E-state index in [0.717, 1.165) is 146 Å². The van der Waals surface area contributed by atoms with Gasteiger partial charge in [0, 0.05) is 44.8 Å². The molecule has 1 aromatic carbocycles. The van der Waals surface area contributed by atoms with E-state index in [2.05, 4.69) is 27.7 Å². The van der Waals surface area contributed by atoms with Crippen molar-refractivity contribution in [2.75, 3.05) is 59.5 Å². The molecule has 0 radical (unpaired) electrons. The number of esters is 4. The number of allylic oxidation sites excluding steroid dienone is 2. The van der Waals surface area contributed by atoms with Crippen LogP contribution in [0.1, 0.15) is 309 Å². The first-order valence-electron chi connectivity index (χ1n) is 37.6. The summed E-state index contributed by atoms with van der Waals surface area (Å²) in [6.07, 6.45) is 44.9.